The number of carbonyl (C=O) groups is 4. The topological polar surface area (TPSA) is 107 Å². The summed E-state index contributed by atoms with van der Waals surface area (Å²) in [6.07, 6.45) is 2.36. The summed E-state index contributed by atoms with van der Waals surface area (Å²) >= 11 is 9.81. The molecule has 2 saturated heterocycles. The number of anilines is 1. The van der Waals surface area contributed by atoms with Gasteiger partial charge in [0.2, 0.25) is 11.8 Å². The van der Waals surface area contributed by atoms with Crippen molar-refractivity contribution in [3.05, 3.63) is 105 Å². The maximum atomic E-state index is 15.0. The van der Waals surface area contributed by atoms with Gasteiger partial charge in [-0.25, -0.2) is 4.39 Å². The van der Waals surface area contributed by atoms with Crippen molar-refractivity contribution >= 4 is 56.8 Å². The van der Waals surface area contributed by atoms with Crippen molar-refractivity contribution < 1.29 is 28.7 Å². The summed E-state index contributed by atoms with van der Waals surface area (Å²) in [6, 6.07) is 17.0. The summed E-state index contributed by atoms with van der Waals surface area (Å²) in [5.41, 5.74) is 3.35. The molecule has 2 N–H and O–H groups in total. The normalized spacial score (nSPS) is 29.0. The molecule has 4 aliphatic rings. The molecule has 0 radical (unpaired) electrons. The summed E-state index contributed by atoms with van der Waals surface area (Å²) < 4.78 is 14.4. The van der Waals surface area contributed by atoms with Gasteiger partial charge in [-0.2, -0.15) is 5.01 Å². The lowest BCUT2D eigenvalue weighted by atomic mass is 9.49. The lowest BCUT2D eigenvalue weighted by Gasteiger charge is -2.50. The average Bonchev–Trinajstić information content (AvgIpc) is 3.40. The van der Waals surface area contributed by atoms with Gasteiger partial charge in [-0.15, -0.1) is 0 Å². The van der Waals surface area contributed by atoms with Crippen molar-refractivity contribution in [1.82, 2.24) is 9.91 Å². The molecule has 4 amide bonds. The molecule has 7 rings (SSSR count). The Morgan fingerprint density at radius 3 is 2.38 bits per heavy atom. The Labute approximate surface area is 271 Å². The van der Waals surface area contributed by atoms with E-state index < -0.39 is 52.6 Å². The first-order valence-electron chi connectivity index (χ1n) is 14.8. The average molecular weight is 693 g/mol. The Bertz CT molecular complexity index is 1800. The third kappa shape index (κ3) is 4.29. The largest absolute Gasteiger partial charge is 0.508 e. The highest BCUT2D eigenvalue weighted by Crippen LogP contribution is 2.65. The van der Waals surface area contributed by atoms with E-state index in [1.54, 1.807) is 43.3 Å². The van der Waals surface area contributed by atoms with Gasteiger partial charge in [0.05, 0.1) is 28.9 Å². The smallest absolute Gasteiger partial charge is 0.260 e. The fourth-order valence-electron chi connectivity index (χ4n) is 8.13. The highest BCUT2D eigenvalue weighted by Gasteiger charge is 2.70. The molecule has 0 bridgehead atoms. The quantitative estimate of drug-likeness (QED) is 0.253. The number of halogens is 3. The van der Waals surface area contributed by atoms with E-state index in [-0.39, 0.29) is 30.5 Å². The molecule has 3 aromatic rings. The molecular weight excluding hydrogens is 665 g/mol. The second-order valence-electron chi connectivity index (χ2n) is 12.0. The lowest BCUT2D eigenvalue weighted by Crippen LogP contribution is -2.53. The molecule has 11 heteroatoms. The number of phenols is 1. The number of nitrogens with zero attached hydrogens (tertiary/aromatic N) is 2. The minimum Gasteiger partial charge on any atom is -0.508 e. The number of hydrazine groups is 1. The second kappa shape index (κ2) is 10.8. The van der Waals surface area contributed by atoms with Crippen molar-refractivity contribution in [1.29, 1.82) is 0 Å². The number of fused-ring (bicyclic) bond motifs is 4. The van der Waals surface area contributed by atoms with Crippen LogP contribution in [-0.2, 0) is 24.6 Å². The summed E-state index contributed by atoms with van der Waals surface area (Å²) in [6.45, 7) is 2.00. The van der Waals surface area contributed by atoms with Crippen LogP contribution in [0.2, 0.25) is 5.02 Å². The number of amides is 4. The first kappa shape index (κ1) is 29.7. The van der Waals surface area contributed by atoms with Gasteiger partial charge < -0.3 is 5.11 Å². The molecule has 2 aliphatic carbocycles. The number of benzene rings is 3. The highest BCUT2D eigenvalue weighted by molar-refractivity contribution is 9.10. The first-order valence-corrected chi connectivity index (χ1v) is 15.9. The van der Waals surface area contributed by atoms with Crippen molar-refractivity contribution in [3.8, 4) is 5.75 Å². The zero-order chi connectivity index (χ0) is 31.8. The van der Waals surface area contributed by atoms with Gasteiger partial charge in [0.25, 0.3) is 11.8 Å². The van der Waals surface area contributed by atoms with Crippen molar-refractivity contribution in [2.45, 2.75) is 31.1 Å². The van der Waals surface area contributed by atoms with Gasteiger partial charge in [0.15, 0.2) is 0 Å². The van der Waals surface area contributed by atoms with Crippen LogP contribution in [-0.4, -0.2) is 45.2 Å². The number of hydrogen-bond acceptors (Lipinski definition) is 6. The van der Waals surface area contributed by atoms with Crippen LogP contribution in [0.15, 0.2) is 82.9 Å². The van der Waals surface area contributed by atoms with E-state index in [0.717, 1.165) is 10.6 Å². The number of likely N-dealkylation sites (tertiary alicyclic amines) is 1. The fourth-order valence-corrected chi connectivity index (χ4v) is 8.64. The Hall–Kier alpha value is -4.02. The van der Waals surface area contributed by atoms with Crippen LogP contribution in [0.3, 0.4) is 0 Å². The maximum absolute atomic E-state index is 15.0. The zero-order valence-electron chi connectivity index (χ0n) is 24.0. The summed E-state index contributed by atoms with van der Waals surface area (Å²) in [7, 11) is 0. The third-order valence-corrected chi connectivity index (χ3v) is 10.7. The molecule has 230 valence electrons. The molecule has 2 heterocycles. The van der Waals surface area contributed by atoms with Gasteiger partial charge in [0.1, 0.15) is 11.6 Å². The molecule has 6 unspecified atom stereocenters. The van der Waals surface area contributed by atoms with Crippen molar-refractivity contribution in [3.63, 3.8) is 0 Å². The number of phenolic OH excluding ortho intramolecular Hbond substituents is 1. The van der Waals surface area contributed by atoms with Crippen molar-refractivity contribution in [2.75, 3.05) is 12.0 Å². The fraction of sp³-hybridized carbons (Fsp3) is 0.294. The molecule has 8 nitrogen and oxygen atoms in total. The SMILES string of the molecule is CCN1C(=O)C2CC=C3C(CC4C(=O)N(Nc5ccc(F)cc5)C(=O)C4(c4ccc(Cl)cc4)C3c3cc(Br)ccc3O)C2C1=O. The Morgan fingerprint density at radius 1 is 0.978 bits per heavy atom. The monoisotopic (exact) mass is 691 g/mol. The number of carbonyl (C=O) groups excluding carboxylic acids is 4. The Balaban J connectivity index is 1.48. The van der Waals surface area contributed by atoms with E-state index in [1.165, 1.54) is 35.2 Å². The van der Waals surface area contributed by atoms with Gasteiger partial charge in [0, 0.05) is 27.5 Å². The minimum absolute atomic E-state index is 0.0758. The van der Waals surface area contributed by atoms with E-state index in [0.29, 0.717) is 32.7 Å². The van der Waals surface area contributed by atoms with Gasteiger partial charge >= 0.3 is 0 Å². The van der Waals surface area contributed by atoms with Crippen molar-refractivity contribution in [2.24, 2.45) is 23.7 Å². The molecule has 1 saturated carbocycles. The molecular formula is C34H28BrClFN3O5. The molecule has 2 aliphatic heterocycles. The number of nitrogens with one attached hydrogen (secondary N) is 1. The molecule has 0 aromatic heterocycles. The number of allylic oxidation sites excluding steroid dienone is 2. The summed E-state index contributed by atoms with van der Waals surface area (Å²) in [5, 5.41) is 12.8. The van der Waals surface area contributed by atoms with Crippen LogP contribution >= 0.6 is 27.5 Å². The molecule has 6 atom stereocenters. The van der Waals surface area contributed by atoms with Gasteiger partial charge in [-0.05, 0) is 85.8 Å². The van der Waals surface area contributed by atoms with E-state index in [1.807, 2.05) is 6.08 Å². The van der Waals surface area contributed by atoms with Gasteiger partial charge in [-0.3, -0.25) is 29.5 Å². The van der Waals surface area contributed by atoms with Crippen LogP contribution in [0.5, 0.6) is 5.75 Å². The minimum atomic E-state index is -1.56. The van der Waals surface area contributed by atoms with Crippen LogP contribution in [0, 0.1) is 29.5 Å². The number of imide groups is 2. The summed E-state index contributed by atoms with van der Waals surface area (Å²) in [4.78, 5) is 57.9. The maximum Gasteiger partial charge on any atom is 0.260 e. The molecule has 3 fully saturated rings. The van der Waals surface area contributed by atoms with Gasteiger partial charge in [-0.1, -0.05) is 51.3 Å². The first-order chi connectivity index (χ1) is 21.6. The summed E-state index contributed by atoms with van der Waals surface area (Å²) in [5.74, 6) is -5.79. The number of aromatic hydroxyl groups is 1. The molecule has 3 aromatic carbocycles. The van der Waals surface area contributed by atoms with Crippen LogP contribution in [0.25, 0.3) is 0 Å². The van der Waals surface area contributed by atoms with E-state index in [4.69, 9.17) is 11.6 Å². The Morgan fingerprint density at radius 2 is 1.69 bits per heavy atom. The predicted octanol–water partition coefficient (Wildman–Crippen LogP) is 5.95. The Kier molecular flexibility index (Phi) is 7.13. The molecule has 0 spiro atoms. The second-order valence-corrected chi connectivity index (χ2v) is 13.3. The standard InChI is InChI=1S/C34H28BrClFN3O5/c1-2-39-30(42)23-13-12-22-24(28(23)32(39)44)16-26-31(43)40(38-21-10-8-20(37)9-11-21)33(45)34(26,17-3-6-19(36)7-4-17)29(22)25-15-18(35)5-14-27(25)41/h3-12,14-15,23-24,26,28-29,38,41H,2,13,16H2,1H3. The van der Waals surface area contributed by atoms with Crippen LogP contribution < -0.4 is 5.43 Å². The zero-order valence-corrected chi connectivity index (χ0v) is 26.4. The van der Waals surface area contributed by atoms with Crippen LogP contribution in [0.4, 0.5) is 10.1 Å². The number of rotatable bonds is 5. The highest BCUT2D eigenvalue weighted by atomic mass is 79.9. The predicted molar refractivity (Wildman–Crippen MR) is 167 cm³/mol. The number of hydrogen-bond donors (Lipinski definition) is 2. The lowest BCUT2D eigenvalue weighted by molar-refractivity contribution is -0.141. The van der Waals surface area contributed by atoms with E-state index in [2.05, 4.69) is 21.4 Å². The van der Waals surface area contributed by atoms with E-state index in [9.17, 15) is 23.9 Å². The third-order valence-electron chi connectivity index (χ3n) is 9.96. The van der Waals surface area contributed by atoms with E-state index >= 15 is 4.79 Å². The molecule has 45 heavy (non-hydrogen) atoms. The van der Waals surface area contributed by atoms with Crippen LogP contribution in [0.1, 0.15) is 36.8 Å².